The van der Waals surface area contributed by atoms with Crippen LogP contribution >= 0.6 is 23.1 Å². The zero-order valence-corrected chi connectivity index (χ0v) is 16.4. The second-order valence-electron chi connectivity index (χ2n) is 6.55. The number of thioether (sulfide) groups is 1. The topological polar surface area (TPSA) is 42.0 Å². The summed E-state index contributed by atoms with van der Waals surface area (Å²) in [6.07, 6.45) is 8.24. The molecule has 1 heterocycles. The number of nitrogens with one attached hydrogen (secondary N) is 1. The molecular formula is C20H26N2OS2. The number of carbonyl (C=O) groups is 1. The average molecular weight is 375 g/mol. The highest BCUT2D eigenvalue weighted by Crippen LogP contribution is 2.37. The third-order valence-electron chi connectivity index (χ3n) is 4.68. The fraction of sp³-hybridized carbons (Fsp3) is 0.500. The van der Waals surface area contributed by atoms with Crippen LogP contribution in [0.1, 0.15) is 51.9 Å². The van der Waals surface area contributed by atoms with Crippen molar-refractivity contribution in [3.8, 4) is 11.3 Å². The molecule has 0 unspecified atom stereocenters. The lowest BCUT2D eigenvalue weighted by Gasteiger charge is -2.20. The van der Waals surface area contributed by atoms with Gasteiger partial charge in [0.25, 0.3) is 0 Å². The van der Waals surface area contributed by atoms with Crippen molar-refractivity contribution in [2.24, 2.45) is 5.92 Å². The highest BCUT2D eigenvalue weighted by Gasteiger charge is 2.18. The zero-order chi connectivity index (χ0) is 17.5. The first kappa shape index (κ1) is 18.5. The highest BCUT2D eigenvalue weighted by atomic mass is 32.2. The number of hydrogen-bond donors (Lipinski definition) is 1. The van der Waals surface area contributed by atoms with E-state index in [1.54, 1.807) is 23.1 Å². The molecule has 5 heteroatoms. The first-order chi connectivity index (χ1) is 12.3. The molecule has 1 saturated carbocycles. The molecule has 1 aromatic heterocycles. The number of thiazole rings is 1. The Balaban J connectivity index is 1.66. The van der Waals surface area contributed by atoms with Gasteiger partial charge in [-0.3, -0.25) is 4.79 Å². The molecule has 1 aliphatic rings. The van der Waals surface area contributed by atoms with Crippen LogP contribution in [-0.2, 0) is 4.79 Å². The van der Waals surface area contributed by atoms with Gasteiger partial charge in [0, 0.05) is 12.0 Å². The number of hydrogen-bond acceptors (Lipinski definition) is 4. The van der Waals surface area contributed by atoms with Gasteiger partial charge in [0.15, 0.2) is 4.34 Å². The van der Waals surface area contributed by atoms with Gasteiger partial charge < -0.3 is 5.32 Å². The first-order valence-electron chi connectivity index (χ1n) is 9.25. The number of benzene rings is 1. The van der Waals surface area contributed by atoms with Crippen LogP contribution in [0.4, 0.5) is 5.00 Å². The van der Waals surface area contributed by atoms with Gasteiger partial charge in [-0.2, -0.15) is 0 Å². The molecule has 0 radical (unpaired) electrons. The molecular weight excluding hydrogens is 348 g/mol. The van der Waals surface area contributed by atoms with Gasteiger partial charge in [-0.05, 0) is 18.1 Å². The molecule has 2 aromatic rings. The Kier molecular flexibility index (Phi) is 6.93. The molecule has 1 aliphatic carbocycles. The van der Waals surface area contributed by atoms with Gasteiger partial charge in [0.2, 0.25) is 5.91 Å². The monoisotopic (exact) mass is 374 g/mol. The van der Waals surface area contributed by atoms with Crippen LogP contribution in [0, 0.1) is 5.92 Å². The minimum absolute atomic E-state index is 0.124. The Labute approximate surface area is 158 Å². The third kappa shape index (κ3) is 5.32. The van der Waals surface area contributed by atoms with E-state index in [-0.39, 0.29) is 5.91 Å². The van der Waals surface area contributed by atoms with E-state index >= 15 is 0 Å². The molecule has 1 N–H and O–H groups in total. The standard InChI is InChI=1S/C20H26N2OS2/c1-2-24-20-22-18(16-11-7-4-8-12-16)19(25-20)21-17(23)14-13-15-9-5-3-6-10-15/h4,7-8,11-12,15H,2-3,5-6,9-10,13-14H2,1H3,(H,21,23). The molecule has 1 amide bonds. The Hall–Kier alpha value is -1.33. The second kappa shape index (κ2) is 9.39. The predicted molar refractivity (Wildman–Crippen MR) is 108 cm³/mol. The summed E-state index contributed by atoms with van der Waals surface area (Å²) >= 11 is 3.31. The van der Waals surface area contributed by atoms with Crippen molar-refractivity contribution in [2.45, 2.75) is 56.2 Å². The minimum Gasteiger partial charge on any atom is -0.316 e. The molecule has 1 aromatic carbocycles. The summed E-state index contributed by atoms with van der Waals surface area (Å²) in [7, 11) is 0. The van der Waals surface area contributed by atoms with E-state index in [9.17, 15) is 4.79 Å². The van der Waals surface area contributed by atoms with Crippen molar-refractivity contribution in [1.29, 1.82) is 0 Å². The summed E-state index contributed by atoms with van der Waals surface area (Å²) in [6.45, 7) is 2.12. The summed E-state index contributed by atoms with van der Waals surface area (Å²) in [4.78, 5) is 17.2. The van der Waals surface area contributed by atoms with E-state index in [0.29, 0.717) is 6.42 Å². The van der Waals surface area contributed by atoms with Crippen molar-refractivity contribution in [3.63, 3.8) is 0 Å². The molecule has 0 aliphatic heterocycles. The van der Waals surface area contributed by atoms with Gasteiger partial charge >= 0.3 is 0 Å². The van der Waals surface area contributed by atoms with Crippen LogP contribution in [-0.4, -0.2) is 16.6 Å². The quantitative estimate of drug-likeness (QED) is 0.585. The van der Waals surface area contributed by atoms with Gasteiger partial charge in [-0.15, -0.1) is 0 Å². The molecule has 25 heavy (non-hydrogen) atoms. The van der Waals surface area contributed by atoms with Crippen LogP contribution < -0.4 is 5.32 Å². The van der Waals surface area contributed by atoms with E-state index in [1.165, 1.54) is 32.1 Å². The minimum atomic E-state index is 0.124. The number of nitrogens with zero attached hydrogens (tertiary/aromatic N) is 1. The second-order valence-corrected chi connectivity index (χ2v) is 9.06. The Morgan fingerprint density at radius 3 is 2.72 bits per heavy atom. The lowest BCUT2D eigenvalue weighted by Crippen LogP contribution is -2.14. The SMILES string of the molecule is CCSc1nc(-c2ccccc2)c(NC(=O)CCC2CCCCC2)s1. The van der Waals surface area contributed by atoms with Crippen molar-refractivity contribution >= 4 is 34.0 Å². The lowest BCUT2D eigenvalue weighted by molar-refractivity contribution is -0.116. The number of carbonyl (C=O) groups excluding carboxylic acids is 1. The predicted octanol–water partition coefficient (Wildman–Crippen LogP) is 6.22. The summed E-state index contributed by atoms with van der Waals surface area (Å²) in [5, 5.41) is 4.02. The smallest absolute Gasteiger partial charge is 0.225 e. The van der Waals surface area contributed by atoms with Crippen molar-refractivity contribution in [2.75, 3.05) is 11.1 Å². The number of rotatable bonds is 7. The van der Waals surface area contributed by atoms with Gasteiger partial charge in [-0.1, -0.05) is 92.5 Å². The number of anilines is 1. The van der Waals surface area contributed by atoms with Crippen LogP contribution in [0.2, 0.25) is 0 Å². The Morgan fingerprint density at radius 2 is 2.00 bits per heavy atom. The fourth-order valence-corrected chi connectivity index (χ4v) is 5.34. The number of amides is 1. The normalized spacial score (nSPS) is 15.2. The zero-order valence-electron chi connectivity index (χ0n) is 14.8. The summed E-state index contributed by atoms with van der Waals surface area (Å²) in [6, 6.07) is 10.1. The maximum Gasteiger partial charge on any atom is 0.225 e. The average Bonchev–Trinajstić information content (AvgIpc) is 3.04. The van der Waals surface area contributed by atoms with E-state index in [2.05, 4.69) is 12.2 Å². The maximum absolute atomic E-state index is 12.5. The van der Waals surface area contributed by atoms with Crippen molar-refractivity contribution in [1.82, 2.24) is 4.98 Å². The van der Waals surface area contributed by atoms with Crippen LogP contribution in [0.15, 0.2) is 34.7 Å². The summed E-state index contributed by atoms with van der Waals surface area (Å²) in [5.74, 6) is 1.84. The largest absolute Gasteiger partial charge is 0.316 e. The van der Waals surface area contributed by atoms with Crippen LogP contribution in [0.5, 0.6) is 0 Å². The molecule has 1 fully saturated rings. The van der Waals surface area contributed by atoms with Gasteiger partial charge in [0.05, 0.1) is 0 Å². The van der Waals surface area contributed by atoms with Gasteiger partial charge in [0.1, 0.15) is 10.7 Å². The van der Waals surface area contributed by atoms with Crippen molar-refractivity contribution < 1.29 is 4.79 Å². The lowest BCUT2D eigenvalue weighted by atomic mass is 9.86. The highest BCUT2D eigenvalue weighted by molar-refractivity contribution is 8.01. The maximum atomic E-state index is 12.5. The number of aromatic nitrogens is 1. The van der Waals surface area contributed by atoms with Crippen LogP contribution in [0.25, 0.3) is 11.3 Å². The molecule has 0 bridgehead atoms. The van der Waals surface area contributed by atoms with Gasteiger partial charge in [-0.25, -0.2) is 4.98 Å². The van der Waals surface area contributed by atoms with E-state index < -0.39 is 0 Å². The van der Waals surface area contributed by atoms with Crippen molar-refractivity contribution in [3.05, 3.63) is 30.3 Å². The fourth-order valence-electron chi connectivity index (χ4n) is 3.36. The molecule has 0 atom stereocenters. The summed E-state index contributed by atoms with van der Waals surface area (Å²) in [5.41, 5.74) is 1.96. The van der Waals surface area contributed by atoms with Crippen LogP contribution in [0.3, 0.4) is 0 Å². The molecule has 0 saturated heterocycles. The summed E-state index contributed by atoms with van der Waals surface area (Å²) < 4.78 is 1.02. The van der Waals surface area contributed by atoms with E-state index in [4.69, 9.17) is 4.98 Å². The molecule has 0 spiro atoms. The molecule has 3 nitrogen and oxygen atoms in total. The Bertz CT molecular complexity index is 678. The molecule has 3 rings (SSSR count). The van der Waals surface area contributed by atoms with E-state index in [0.717, 1.165) is 38.7 Å². The molecule has 134 valence electrons. The third-order valence-corrected chi connectivity index (χ3v) is 6.68. The first-order valence-corrected chi connectivity index (χ1v) is 11.1. The Morgan fingerprint density at radius 1 is 1.24 bits per heavy atom. The van der Waals surface area contributed by atoms with E-state index in [1.807, 2.05) is 30.3 Å².